The lowest BCUT2D eigenvalue weighted by Gasteiger charge is -2.41. The SMILES string of the molecule is N#CC1(Nc2ccccc2)CCN([C@H]2Cc3cccc4cccc2c34)CC1. The summed E-state index contributed by atoms with van der Waals surface area (Å²) < 4.78 is 0. The van der Waals surface area contributed by atoms with Gasteiger partial charge in [-0.2, -0.15) is 5.26 Å². The van der Waals surface area contributed by atoms with Gasteiger partial charge in [0, 0.05) is 24.8 Å². The molecule has 27 heavy (non-hydrogen) atoms. The molecule has 1 aliphatic heterocycles. The standard InChI is InChI=1S/C24H23N3/c25-17-24(26-20-9-2-1-3-10-20)12-14-27(15-13-24)22-16-19-8-4-6-18-7-5-11-21(22)23(18)19/h1-11,22,26H,12-16H2/t22-/m0/s1. The van der Waals surface area contributed by atoms with Gasteiger partial charge in [-0.1, -0.05) is 54.6 Å². The van der Waals surface area contributed by atoms with Crippen LogP contribution in [0.15, 0.2) is 66.7 Å². The number of nitriles is 1. The maximum absolute atomic E-state index is 9.89. The van der Waals surface area contributed by atoms with E-state index in [2.05, 4.69) is 52.7 Å². The highest BCUT2D eigenvalue weighted by Crippen LogP contribution is 2.42. The number of hydrogen-bond acceptors (Lipinski definition) is 3. The fourth-order valence-electron chi connectivity index (χ4n) is 4.82. The van der Waals surface area contributed by atoms with Crippen LogP contribution < -0.4 is 5.32 Å². The Labute approximate surface area is 160 Å². The van der Waals surface area contributed by atoms with Crippen LogP contribution in [0.1, 0.15) is 30.0 Å². The molecule has 0 amide bonds. The zero-order chi connectivity index (χ0) is 18.3. The van der Waals surface area contributed by atoms with Crippen molar-refractivity contribution in [1.29, 1.82) is 5.26 Å². The van der Waals surface area contributed by atoms with E-state index < -0.39 is 5.54 Å². The zero-order valence-corrected chi connectivity index (χ0v) is 15.4. The van der Waals surface area contributed by atoms with Gasteiger partial charge in [-0.3, -0.25) is 4.90 Å². The molecule has 2 aliphatic rings. The lowest BCUT2D eigenvalue weighted by Crippen LogP contribution is -2.49. The maximum atomic E-state index is 9.89. The van der Waals surface area contributed by atoms with Gasteiger partial charge >= 0.3 is 0 Å². The van der Waals surface area contributed by atoms with Crippen molar-refractivity contribution < 1.29 is 0 Å². The number of likely N-dealkylation sites (tertiary alicyclic amines) is 1. The van der Waals surface area contributed by atoms with E-state index in [-0.39, 0.29) is 0 Å². The Kier molecular flexibility index (Phi) is 3.88. The van der Waals surface area contributed by atoms with Crippen LogP contribution in [0.2, 0.25) is 0 Å². The van der Waals surface area contributed by atoms with E-state index in [1.165, 1.54) is 21.9 Å². The molecule has 3 heteroatoms. The smallest absolute Gasteiger partial charge is 0.127 e. The number of para-hydroxylation sites is 1. The van der Waals surface area contributed by atoms with E-state index in [0.717, 1.165) is 38.0 Å². The van der Waals surface area contributed by atoms with Crippen LogP contribution in [0.25, 0.3) is 10.8 Å². The van der Waals surface area contributed by atoms with Crippen molar-refractivity contribution in [1.82, 2.24) is 4.90 Å². The van der Waals surface area contributed by atoms with Crippen LogP contribution >= 0.6 is 0 Å². The molecule has 0 radical (unpaired) electrons. The summed E-state index contributed by atoms with van der Waals surface area (Å²) >= 11 is 0. The summed E-state index contributed by atoms with van der Waals surface area (Å²) in [6, 6.07) is 26.5. The number of hydrogen-bond donors (Lipinski definition) is 1. The van der Waals surface area contributed by atoms with Gasteiger partial charge in [0.25, 0.3) is 0 Å². The van der Waals surface area contributed by atoms with Gasteiger partial charge in [0.2, 0.25) is 0 Å². The number of anilines is 1. The summed E-state index contributed by atoms with van der Waals surface area (Å²) in [4.78, 5) is 2.58. The molecule has 3 aromatic rings. The van der Waals surface area contributed by atoms with E-state index in [4.69, 9.17) is 0 Å². The Morgan fingerprint density at radius 3 is 2.41 bits per heavy atom. The van der Waals surface area contributed by atoms with Crippen molar-refractivity contribution in [3.8, 4) is 6.07 Å². The first-order valence-corrected chi connectivity index (χ1v) is 9.77. The summed E-state index contributed by atoms with van der Waals surface area (Å²) in [5.74, 6) is 0. The van der Waals surface area contributed by atoms with Gasteiger partial charge in [-0.25, -0.2) is 0 Å². The number of benzene rings is 3. The molecule has 0 bridgehead atoms. The third-order valence-electron chi connectivity index (χ3n) is 6.26. The molecule has 1 heterocycles. The van der Waals surface area contributed by atoms with Crippen LogP contribution in [0.3, 0.4) is 0 Å². The van der Waals surface area contributed by atoms with Crippen LogP contribution in [0.4, 0.5) is 5.69 Å². The summed E-state index contributed by atoms with van der Waals surface area (Å²) in [7, 11) is 0. The fourth-order valence-corrected chi connectivity index (χ4v) is 4.82. The van der Waals surface area contributed by atoms with Crippen molar-refractivity contribution in [2.24, 2.45) is 0 Å². The molecule has 1 aliphatic carbocycles. The second kappa shape index (κ2) is 6.40. The van der Waals surface area contributed by atoms with E-state index in [0.29, 0.717) is 6.04 Å². The molecule has 0 aromatic heterocycles. The fraction of sp³-hybridized carbons (Fsp3) is 0.292. The highest BCUT2D eigenvalue weighted by atomic mass is 15.2. The number of piperidine rings is 1. The van der Waals surface area contributed by atoms with E-state index in [1.54, 1.807) is 0 Å². The lowest BCUT2D eigenvalue weighted by atomic mass is 9.87. The Morgan fingerprint density at radius 1 is 0.926 bits per heavy atom. The Balaban J connectivity index is 1.36. The molecule has 3 nitrogen and oxygen atoms in total. The highest BCUT2D eigenvalue weighted by molar-refractivity contribution is 5.91. The van der Waals surface area contributed by atoms with Crippen LogP contribution in [0, 0.1) is 11.3 Å². The molecule has 1 fully saturated rings. The predicted molar refractivity (Wildman–Crippen MR) is 110 cm³/mol. The van der Waals surface area contributed by atoms with Crippen molar-refractivity contribution >= 4 is 16.5 Å². The first-order valence-electron chi connectivity index (χ1n) is 9.77. The van der Waals surface area contributed by atoms with Gasteiger partial charge in [-0.15, -0.1) is 0 Å². The van der Waals surface area contributed by atoms with Crippen molar-refractivity contribution in [3.05, 3.63) is 77.9 Å². The molecule has 0 unspecified atom stereocenters. The number of rotatable bonds is 3. The van der Waals surface area contributed by atoms with Gasteiger partial charge in [0.15, 0.2) is 0 Å². The number of nitrogens with one attached hydrogen (secondary N) is 1. The topological polar surface area (TPSA) is 39.1 Å². The minimum absolute atomic E-state index is 0.444. The summed E-state index contributed by atoms with van der Waals surface area (Å²) in [5, 5.41) is 16.2. The Bertz CT molecular complexity index is 1010. The molecule has 5 rings (SSSR count). The van der Waals surface area contributed by atoms with Gasteiger partial charge in [0.05, 0.1) is 6.07 Å². The first kappa shape index (κ1) is 16.4. The van der Waals surface area contributed by atoms with E-state index in [9.17, 15) is 5.26 Å². The Morgan fingerprint density at radius 2 is 1.67 bits per heavy atom. The lowest BCUT2D eigenvalue weighted by molar-refractivity contribution is 0.144. The van der Waals surface area contributed by atoms with Crippen LogP contribution in [-0.2, 0) is 6.42 Å². The Hall–Kier alpha value is -2.83. The molecule has 0 saturated carbocycles. The van der Waals surface area contributed by atoms with Crippen molar-refractivity contribution in [3.63, 3.8) is 0 Å². The monoisotopic (exact) mass is 353 g/mol. The molecule has 0 spiro atoms. The first-order chi connectivity index (χ1) is 13.3. The quantitative estimate of drug-likeness (QED) is 0.727. The molecular weight excluding hydrogens is 330 g/mol. The molecular formula is C24H23N3. The van der Waals surface area contributed by atoms with E-state index >= 15 is 0 Å². The normalized spacial score (nSPS) is 21.1. The van der Waals surface area contributed by atoms with Crippen molar-refractivity contribution in [2.45, 2.75) is 30.8 Å². The molecule has 1 atom stereocenters. The molecule has 1 saturated heterocycles. The molecule has 1 N–H and O–H groups in total. The second-order valence-electron chi connectivity index (χ2n) is 7.80. The third kappa shape index (κ3) is 2.78. The van der Waals surface area contributed by atoms with E-state index in [1.807, 2.05) is 30.3 Å². The predicted octanol–water partition coefficient (Wildman–Crippen LogP) is 4.91. The van der Waals surface area contributed by atoms with Crippen molar-refractivity contribution in [2.75, 3.05) is 18.4 Å². The van der Waals surface area contributed by atoms with Gasteiger partial charge in [0.1, 0.15) is 5.54 Å². The highest BCUT2D eigenvalue weighted by Gasteiger charge is 2.38. The summed E-state index contributed by atoms with van der Waals surface area (Å²) in [5.41, 5.74) is 3.50. The number of nitrogens with zero attached hydrogens (tertiary/aromatic N) is 2. The maximum Gasteiger partial charge on any atom is 0.127 e. The summed E-state index contributed by atoms with van der Waals surface area (Å²) in [6.45, 7) is 1.89. The minimum atomic E-state index is -0.463. The minimum Gasteiger partial charge on any atom is -0.367 e. The molecule has 134 valence electrons. The summed E-state index contributed by atoms with van der Waals surface area (Å²) in [6.07, 6.45) is 2.78. The zero-order valence-electron chi connectivity index (χ0n) is 15.4. The van der Waals surface area contributed by atoms with Crippen LogP contribution in [-0.4, -0.2) is 23.5 Å². The molecule has 3 aromatic carbocycles. The second-order valence-corrected chi connectivity index (χ2v) is 7.80. The third-order valence-corrected chi connectivity index (χ3v) is 6.26. The van der Waals surface area contributed by atoms with Gasteiger partial charge < -0.3 is 5.32 Å². The van der Waals surface area contributed by atoms with Crippen LogP contribution in [0.5, 0.6) is 0 Å². The average molecular weight is 353 g/mol. The average Bonchev–Trinajstić information content (AvgIpc) is 3.10. The largest absolute Gasteiger partial charge is 0.367 e. The van der Waals surface area contributed by atoms with Gasteiger partial charge in [-0.05, 0) is 53.3 Å².